The molecule has 5 heteroatoms. The maximum absolute atomic E-state index is 11.1. The molecule has 0 bridgehead atoms. The molecule has 1 aliphatic carbocycles. The highest BCUT2D eigenvalue weighted by atomic mass is 16.6. The van der Waals surface area contributed by atoms with Gasteiger partial charge in [0.25, 0.3) is 5.69 Å². The van der Waals surface area contributed by atoms with Crippen molar-refractivity contribution in [3.8, 4) is 0 Å². The number of hydrogen-bond acceptors (Lipinski definition) is 4. The first kappa shape index (κ1) is 13.8. The van der Waals surface area contributed by atoms with Crippen LogP contribution in [0.1, 0.15) is 32.6 Å². The molecule has 110 valence electrons. The summed E-state index contributed by atoms with van der Waals surface area (Å²) in [5.41, 5.74) is 1.50. The van der Waals surface area contributed by atoms with Gasteiger partial charge in [-0.3, -0.25) is 15.1 Å². The number of nitro benzene ring substituents is 1. The van der Waals surface area contributed by atoms with Crippen LogP contribution in [0.3, 0.4) is 0 Å². The number of nitrogens with zero attached hydrogens (tertiary/aromatic N) is 2. The van der Waals surface area contributed by atoms with E-state index in [-0.39, 0.29) is 10.6 Å². The molecule has 21 heavy (non-hydrogen) atoms. The summed E-state index contributed by atoms with van der Waals surface area (Å²) in [6, 6.07) is 5.08. The normalized spacial score (nSPS) is 15.9. The second-order valence-corrected chi connectivity index (χ2v) is 5.91. The fraction of sp³-hybridized carbons (Fsp3) is 0.438. The first-order valence-corrected chi connectivity index (χ1v) is 7.40. The predicted octanol–water partition coefficient (Wildman–Crippen LogP) is 4.14. The summed E-state index contributed by atoms with van der Waals surface area (Å²) in [4.78, 5) is 14.9. The molecular weight excluding hydrogens is 266 g/mol. The van der Waals surface area contributed by atoms with Crippen LogP contribution in [0, 0.1) is 15.5 Å². The number of nitro groups is 1. The largest absolute Gasteiger partial charge is 0.384 e. The summed E-state index contributed by atoms with van der Waals surface area (Å²) in [6.07, 6.45) is 8.28. The number of pyridine rings is 1. The molecule has 0 atom stereocenters. The molecule has 0 unspecified atom stereocenters. The minimum Gasteiger partial charge on any atom is -0.384 e. The molecule has 1 aliphatic rings. The zero-order chi connectivity index (χ0) is 14.9. The van der Waals surface area contributed by atoms with Crippen molar-refractivity contribution in [2.24, 2.45) is 5.41 Å². The Hall–Kier alpha value is -2.17. The second-order valence-electron chi connectivity index (χ2n) is 5.91. The van der Waals surface area contributed by atoms with Crippen molar-refractivity contribution in [2.45, 2.75) is 32.6 Å². The van der Waals surface area contributed by atoms with E-state index in [2.05, 4.69) is 17.2 Å². The van der Waals surface area contributed by atoms with Crippen molar-refractivity contribution >= 4 is 22.1 Å². The van der Waals surface area contributed by atoms with Gasteiger partial charge in [0, 0.05) is 36.1 Å². The Labute approximate surface area is 123 Å². The van der Waals surface area contributed by atoms with Gasteiger partial charge in [-0.05, 0) is 36.8 Å². The molecule has 1 aromatic carbocycles. The number of benzene rings is 1. The first-order valence-electron chi connectivity index (χ1n) is 7.40. The second kappa shape index (κ2) is 5.31. The molecule has 0 spiro atoms. The van der Waals surface area contributed by atoms with E-state index >= 15 is 0 Å². The number of fused-ring (bicyclic) bond motifs is 1. The third kappa shape index (κ3) is 2.68. The summed E-state index contributed by atoms with van der Waals surface area (Å²) in [5.74, 6) is 0. The maximum Gasteiger partial charge on any atom is 0.277 e. The molecule has 1 N–H and O–H groups in total. The minimum atomic E-state index is -0.342. The minimum absolute atomic E-state index is 0.132. The Morgan fingerprint density at radius 2 is 2.14 bits per heavy atom. The Morgan fingerprint density at radius 3 is 2.81 bits per heavy atom. The van der Waals surface area contributed by atoms with Gasteiger partial charge >= 0.3 is 0 Å². The van der Waals surface area contributed by atoms with E-state index in [9.17, 15) is 10.1 Å². The average molecular weight is 285 g/mol. The lowest BCUT2D eigenvalue weighted by molar-refractivity contribution is -0.383. The molecule has 5 nitrogen and oxygen atoms in total. The maximum atomic E-state index is 11.1. The highest BCUT2D eigenvalue weighted by molar-refractivity contribution is 5.99. The standard InChI is InChI=1S/C16H19N3O2/c1-2-6-16(7-8-16)11-18-14-3-4-15(19(20)21)12-5-9-17-10-13(12)14/h3-5,9-10,18H,2,6-8,11H2,1H3. The van der Waals surface area contributed by atoms with E-state index in [1.54, 1.807) is 30.6 Å². The van der Waals surface area contributed by atoms with Crippen LogP contribution in [0.2, 0.25) is 0 Å². The molecule has 1 heterocycles. The fourth-order valence-electron chi connectivity index (χ4n) is 2.99. The van der Waals surface area contributed by atoms with E-state index in [1.807, 2.05) is 0 Å². The van der Waals surface area contributed by atoms with Gasteiger partial charge in [0.15, 0.2) is 0 Å². The average Bonchev–Trinajstić information content (AvgIpc) is 3.25. The summed E-state index contributed by atoms with van der Waals surface area (Å²) in [5, 5.41) is 16.0. The molecule has 0 radical (unpaired) electrons. The Morgan fingerprint density at radius 1 is 1.33 bits per heavy atom. The smallest absolute Gasteiger partial charge is 0.277 e. The monoisotopic (exact) mass is 285 g/mol. The van der Waals surface area contributed by atoms with Gasteiger partial charge < -0.3 is 5.32 Å². The summed E-state index contributed by atoms with van der Waals surface area (Å²) >= 11 is 0. The molecule has 1 fully saturated rings. The third-order valence-electron chi connectivity index (χ3n) is 4.38. The van der Waals surface area contributed by atoms with Crippen LogP contribution in [0.5, 0.6) is 0 Å². The van der Waals surface area contributed by atoms with Crippen LogP contribution in [0.4, 0.5) is 11.4 Å². The Balaban J connectivity index is 1.89. The Kier molecular flexibility index (Phi) is 3.49. The third-order valence-corrected chi connectivity index (χ3v) is 4.38. The van der Waals surface area contributed by atoms with E-state index < -0.39 is 0 Å². The lowest BCUT2D eigenvalue weighted by atomic mass is 10.0. The van der Waals surface area contributed by atoms with Crippen LogP contribution >= 0.6 is 0 Å². The number of nitrogens with one attached hydrogen (secondary N) is 1. The first-order chi connectivity index (χ1) is 10.2. The molecule has 3 rings (SSSR count). The molecule has 0 saturated heterocycles. The summed E-state index contributed by atoms with van der Waals surface area (Å²) in [6.45, 7) is 3.15. The molecule has 0 amide bonds. The van der Waals surface area contributed by atoms with Crippen LogP contribution in [0.15, 0.2) is 30.6 Å². The van der Waals surface area contributed by atoms with Crippen LogP contribution in [0.25, 0.3) is 10.8 Å². The molecule has 2 aromatic rings. The van der Waals surface area contributed by atoms with Crippen LogP contribution in [-0.4, -0.2) is 16.5 Å². The lowest BCUT2D eigenvalue weighted by Gasteiger charge is -2.17. The van der Waals surface area contributed by atoms with E-state index in [4.69, 9.17) is 0 Å². The van der Waals surface area contributed by atoms with Crippen molar-refractivity contribution in [2.75, 3.05) is 11.9 Å². The fourth-order valence-corrected chi connectivity index (χ4v) is 2.99. The van der Waals surface area contributed by atoms with Gasteiger partial charge in [0.1, 0.15) is 0 Å². The van der Waals surface area contributed by atoms with Gasteiger partial charge in [-0.25, -0.2) is 0 Å². The number of anilines is 1. The van der Waals surface area contributed by atoms with Crippen molar-refractivity contribution in [1.82, 2.24) is 4.98 Å². The lowest BCUT2D eigenvalue weighted by Crippen LogP contribution is -2.15. The van der Waals surface area contributed by atoms with E-state index in [0.717, 1.165) is 17.6 Å². The number of aromatic nitrogens is 1. The molecule has 1 saturated carbocycles. The SMILES string of the molecule is CCCC1(CNc2ccc([N+](=O)[O-])c3ccncc23)CC1. The van der Waals surface area contributed by atoms with Crippen LogP contribution < -0.4 is 5.32 Å². The van der Waals surface area contributed by atoms with Crippen molar-refractivity contribution in [3.05, 3.63) is 40.7 Å². The molecular formula is C16H19N3O2. The molecule has 1 aromatic heterocycles. The highest BCUT2D eigenvalue weighted by Gasteiger charge is 2.41. The van der Waals surface area contributed by atoms with Crippen molar-refractivity contribution < 1.29 is 4.92 Å². The van der Waals surface area contributed by atoms with Gasteiger partial charge in [-0.2, -0.15) is 0 Å². The van der Waals surface area contributed by atoms with E-state index in [0.29, 0.717) is 10.8 Å². The summed E-state index contributed by atoms with van der Waals surface area (Å²) in [7, 11) is 0. The quantitative estimate of drug-likeness (QED) is 0.640. The predicted molar refractivity (Wildman–Crippen MR) is 83.5 cm³/mol. The number of hydrogen-bond donors (Lipinski definition) is 1. The Bertz CT molecular complexity index is 680. The van der Waals surface area contributed by atoms with Gasteiger partial charge in [-0.15, -0.1) is 0 Å². The van der Waals surface area contributed by atoms with Crippen molar-refractivity contribution in [1.29, 1.82) is 0 Å². The zero-order valence-electron chi connectivity index (χ0n) is 12.1. The number of rotatable bonds is 6. The van der Waals surface area contributed by atoms with Gasteiger partial charge in [-0.1, -0.05) is 13.3 Å². The number of non-ortho nitro benzene ring substituents is 1. The van der Waals surface area contributed by atoms with Crippen molar-refractivity contribution in [3.63, 3.8) is 0 Å². The highest BCUT2D eigenvalue weighted by Crippen LogP contribution is 2.49. The van der Waals surface area contributed by atoms with Crippen LogP contribution in [-0.2, 0) is 0 Å². The van der Waals surface area contributed by atoms with E-state index in [1.165, 1.54) is 25.7 Å². The molecule has 0 aliphatic heterocycles. The van der Waals surface area contributed by atoms with Gasteiger partial charge in [0.05, 0.1) is 10.3 Å². The zero-order valence-corrected chi connectivity index (χ0v) is 12.1. The van der Waals surface area contributed by atoms with Gasteiger partial charge in [0.2, 0.25) is 0 Å². The summed E-state index contributed by atoms with van der Waals surface area (Å²) < 4.78 is 0. The topological polar surface area (TPSA) is 68.1 Å².